The van der Waals surface area contributed by atoms with E-state index in [1.165, 1.54) is 6.07 Å². The van der Waals surface area contributed by atoms with Crippen LogP contribution in [0.3, 0.4) is 0 Å². The van der Waals surface area contributed by atoms with Gasteiger partial charge in [-0.3, -0.25) is 4.79 Å². The average Bonchev–Trinajstić information content (AvgIpc) is 2.61. The fourth-order valence-corrected chi connectivity index (χ4v) is 2.73. The van der Waals surface area contributed by atoms with Crippen LogP contribution >= 0.6 is 0 Å². The molecule has 1 aromatic heterocycles. The van der Waals surface area contributed by atoms with Gasteiger partial charge < -0.3 is 10.1 Å². The van der Waals surface area contributed by atoms with E-state index in [9.17, 15) is 14.9 Å². The van der Waals surface area contributed by atoms with Crippen molar-refractivity contribution < 1.29 is 9.90 Å². The zero-order valence-corrected chi connectivity index (χ0v) is 13.4. The Bertz CT molecular complexity index is 1070. The number of aromatic nitrogens is 1. The minimum atomic E-state index is -0.991. The number of benzene rings is 2. The molecule has 0 aliphatic carbocycles. The quantitative estimate of drug-likeness (QED) is 0.767. The zero-order chi connectivity index (χ0) is 18.0. The number of pyridine rings is 1. The summed E-state index contributed by atoms with van der Waals surface area (Å²) in [4.78, 5) is 25.8. The summed E-state index contributed by atoms with van der Waals surface area (Å²) >= 11 is 0. The Hall–Kier alpha value is -3.65. The van der Waals surface area contributed by atoms with E-state index in [2.05, 4.69) is 4.98 Å². The fourth-order valence-electron chi connectivity index (χ4n) is 2.73. The number of rotatable bonds is 3. The Morgan fingerprint density at radius 2 is 1.68 bits per heavy atom. The van der Waals surface area contributed by atoms with E-state index in [0.717, 1.165) is 16.7 Å². The fraction of sp³-hybridized carbons (Fsp3) is 0.0500. The van der Waals surface area contributed by atoms with Gasteiger partial charge in [0, 0.05) is 11.3 Å². The maximum absolute atomic E-state index is 12.0. The topological polar surface area (TPSA) is 93.9 Å². The van der Waals surface area contributed by atoms with Gasteiger partial charge in [0.15, 0.2) is 0 Å². The zero-order valence-electron chi connectivity index (χ0n) is 13.4. The normalized spacial score (nSPS) is 10.2. The highest BCUT2D eigenvalue weighted by molar-refractivity contribution is 5.89. The van der Waals surface area contributed by atoms with Crippen LogP contribution in [0.25, 0.3) is 22.3 Å². The number of carboxylic acids is 1. The van der Waals surface area contributed by atoms with Gasteiger partial charge in [-0.25, -0.2) is 4.79 Å². The highest BCUT2D eigenvalue weighted by Crippen LogP contribution is 2.28. The number of hydrogen-bond acceptors (Lipinski definition) is 3. The number of nitrogens with zero attached hydrogens (tertiary/aromatic N) is 1. The maximum Gasteiger partial charge on any atom is 0.335 e. The first-order chi connectivity index (χ1) is 12.0. The summed E-state index contributed by atoms with van der Waals surface area (Å²) in [5.41, 5.74) is 3.34. The van der Waals surface area contributed by atoms with Crippen LogP contribution in [0.1, 0.15) is 21.6 Å². The van der Waals surface area contributed by atoms with Crippen molar-refractivity contribution in [1.29, 1.82) is 5.26 Å². The lowest BCUT2D eigenvalue weighted by Crippen LogP contribution is -2.12. The van der Waals surface area contributed by atoms with Crippen LogP contribution in [0.4, 0.5) is 0 Å². The minimum Gasteiger partial charge on any atom is -0.478 e. The number of nitriles is 1. The molecular weight excluding hydrogens is 316 g/mol. The summed E-state index contributed by atoms with van der Waals surface area (Å²) in [5, 5.41) is 18.4. The highest BCUT2D eigenvalue weighted by Gasteiger charge is 2.11. The van der Waals surface area contributed by atoms with E-state index in [0.29, 0.717) is 11.3 Å². The smallest absolute Gasteiger partial charge is 0.335 e. The van der Waals surface area contributed by atoms with Crippen molar-refractivity contribution in [3.05, 3.63) is 81.8 Å². The molecule has 0 saturated heterocycles. The summed E-state index contributed by atoms with van der Waals surface area (Å²) in [5.74, 6) is -0.991. The first kappa shape index (κ1) is 16.2. The maximum atomic E-state index is 12.0. The van der Waals surface area contributed by atoms with Gasteiger partial charge in [0.25, 0.3) is 5.56 Å². The molecule has 5 heteroatoms. The molecule has 0 bridgehead atoms. The third-order valence-electron chi connectivity index (χ3n) is 3.90. The lowest BCUT2D eigenvalue weighted by Gasteiger charge is -2.09. The molecule has 0 saturated carbocycles. The lowest BCUT2D eigenvalue weighted by molar-refractivity contribution is 0.0697. The standard InChI is InChI=1S/C20H14N2O3/c1-12-8-17(18(11-21)19(23)22-12)15-6-2-4-13(9-15)14-5-3-7-16(10-14)20(24)25/h2-10H,1H3,(H,22,23)(H,24,25). The summed E-state index contributed by atoms with van der Waals surface area (Å²) < 4.78 is 0. The molecule has 0 aliphatic heterocycles. The van der Waals surface area contributed by atoms with Crippen molar-refractivity contribution in [3.8, 4) is 28.3 Å². The number of aryl methyl sites for hydroxylation is 1. The van der Waals surface area contributed by atoms with Gasteiger partial charge >= 0.3 is 5.97 Å². The second-order valence-electron chi connectivity index (χ2n) is 5.65. The molecule has 0 unspecified atom stereocenters. The number of aromatic carboxylic acids is 1. The van der Waals surface area contributed by atoms with Crippen molar-refractivity contribution in [2.24, 2.45) is 0 Å². The molecule has 25 heavy (non-hydrogen) atoms. The molecule has 2 N–H and O–H groups in total. The summed E-state index contributed by atoms with van der Waals surface area (Å²) in [6.07, 6.45) is 0. The Morgan fingerprint density at radius 1 is 1.04 bits per heavy atom. The lowest BCUT2D eigenvalue weighted by atomic mass is 9.96. The van der Waals surface area contributed by atoms with Gasteiger partial charge in [0.1, 0.15) is 11.6 Å². The molecule has 5 nitrogen and oxygen atoms in total. The van der Waals surface area contributed by atoms with Crippen molar-refractivity contribution in [1.82, 2.24) is 4.98 Å². The summed E-state index contributed by atoms with van der Waals surface area (Å²) in [6, 6.07) is 17.7. The second kappa shape index (κ2) is 6.46. The molecule has 0 atom stereocenters. The Kier molecular flexibility index (Phi) is 4.19. The SMILES string of the molecule is Cc1cc(-c2cccc(-c3cccc(C(=O)O)c3)c2)c(C#N)c(=O)[nH]1. The van der Waals surface area contributed by atoms with Gasteiger partial charge in [-0.15, -0.1) is 0 Å². The Labute approximate surface area is 143 Å². The van der Waals surface area contributed by atoms with E-state index in [-0.39, 0.29) is 11.1 Å². The van der Waals surface area contributed by atoms with Crippen molar-refractivity contribution >= 4 is 5.97 Å². The third-order valence-corrected chi connectivity index (χ3v) is 3.90. The molecule has 122 valence electrons. The second-order valence-corrected chi connectivity index (χ2v) is 5.65. The van der Waals surface area contributed by atoms with Crippen molar-refractivity contribution in [2.75, 3.05) is 0 Å². The molecule has 1 heterocycles. The monoisotopic (exact) mass is 330 g/mol. The van der Waals surface area contributed by atoms with Crippen LogP contribution < -0.4 is 5.56 Å². The largest absolute Gasteiger partial charge is 0.478 e. The first-order valence-electron chi connectivity index (χ1n) is 7.58. The third kappa shape index (κ3) is 3.19. The average molecular weight is 330 g/mol. The summed E-state index contributed by atoms with van der Waals surface area (Å²) in [6.45, 7) is 1.76. The molecule has 0 spiro atoms. The molecule has 0 radical (unpaired) electrons. The van der Waals surface area contributed by atoms with Crippen LogP contribution in [-0.4, -0.2) is 16.1 Å². The molecule has 2 aromatic carbocycles. The van der Waals surface area contributed by atoms with E-state index < -0.39 is 11.5 Å². The number of aromatic amines is 1. The molecule has 3 aromatic rings. The molecule has 0 amide bonds. The predicted octanol–water partition coefficient (Wildman–Crippen LogP) is 3.59. The van der Waals surface area contributed by atoms with E-state index >= 15 is 0 Å². The molecular formula is C20H14N2O3. The predicted molar refractivity (Wildman–Crippen MR) is 94.3 cm³/mol. The molecule has 0 aliphatic rings. The first-order valence-corrected chi connectivity index (χ1v) is 7.58. The highest BCUT2D eigenvalue weighted by atomic mass is 16.4. The van der Waals surface area contributed by atoms with E-state index in [1.54, 1.807) is 25.1 Å². The summed E-state index contributed by atoms with van der Waals surface area (Å²) in [7, 11) is 0. The Morgan fingerprint density at radius 3 is 2.36 bits per heavy atom. The van der Waals surface area contributed by atoms with E-state index in [1.807, 2.05) is 36.4 Å². The molecule has 0 fully saturated rings. The van der Waals surface area contributed by atoms with Gasteiger partial charge in [-0.2, -0.15) is 5.26 Å². The van der Waals surface area contributed by atoms with Crippen LogP contribution in [0.2, 0.25) is 0 Å². The van der Waals surface area contributed by atoms with Crippen molar-refractivity contribution in [2.45, 2.75) is 6.92 Å². The van der Waals surface area contributed by atoms with Crippen LogP contribution in [-0.2, 0) is 0 Å². The minimum absolute atomic E-state index is 0.0574. The number of H-pyrrole nitrogens is 1. The number of nitrogens with one attached hydrogen (secondary N) is 1. The van der Waals surface area contributed by atoms with Crippen LogP contribution in [0.15, 0.2) is 59.4 Å². The molecule has 3 rings (SSSR count). The van der Waals surface area contributed by atoms with Gasteiger partial charge in [0.2, 0.25) is 0 Å². The van der Waals surface area contributed by atoms with E-state index in [4.69, 9.17) is 5.11 Å². The number of carboxylic acid groups (broad SMARTS) is 1. The number of hydrogen-bond donors (Lipinski definition) is 2. The number of carbonyl (C=O) groups is 1. The van der Waals surface area contributed by atoms with Gasteiger partial charge in [-0.05, 0) is 47.9 Å². The van der Waals surface area contributed by atoms with Gasteiger partial charge in [0.05, 0.1) is 5.56 Å². The van der Waals surface area contributed by atoms with Crippen molar-refractivity contribution in [3.63, 3.8) is 0 Å². The Balaban J connectivity index is 2.16. The van der Waals surface area contributed by atoms with Gasteiger partial charge in [-0.1, -0.05) is 30.3 Å². The van der Waals surface area contributed by atoms with Crippen LogP contribution in [0, 0.1) is 18.3 Å². The van der Waals surface area contributed by atoms with Crippen LogP contribution in [0.5, 0.6) is 0 Å².